The number of ether oxygens (including phenoxy) is 1. The number of carbonyl (C=O) groups excluding carboxylic acids is 2. The zero-order valence-corrected chi connectivity index (χ0v) is 28.6. The molecule has 3 N–H and O–H groups in total. The van der Waals surface area contributed by atoms with E-state index in [0.29, 0.717) is 39.7 Å². The Kier molecular flexibility index (Phi) is 11.5. The Morgan fingerprint density at radius 2 is 1.55 bits per heavy atom. The summed E-state index contributed by atoms with van der Waals surface area (Å²) in [6, 6.07) is 30.0. The second-order valence-electron chi connectivity index (χ2n) is 13.0. The van der Waals surface area contributed by atoms with Crippen LogP contribution in [-0.4, -0.2) is 57.9 Å². The number of para-hydroxylation sites is 1. The van der Waals surface area contributed by atoms with E-state index in [0.717, 1.165) is 24.9 Å². The highest BCUT2D eigenvalue weighted by Gasteiger charge is 2.34. The average molecular weight is 681 g/mol. The molecule has 2 amide bonds. The molecule has 0 unspecified atom stereocenters. The van der Waals surface area contributed by atoms with Crippen molar-refractivity contribution in [2.45, 2.75) is 63.9 Å². The van der Waals surface area contributed by atoms with Crippen LogP contribution < -0.4 is 10.6 Å². The van der Waals surface area contributed by atoms with Gasteiger partial charge in [-0.3, -0.25) is 14.7 Å². The Morgan fingerprint density at radius 1 is 0.918 bits per heavy atom. The molecule has 49 heavy (non-hydrogen) atoms. The van der Waals surface area contributed by atoms with Crippen molar-refractivity contribution < 1.29 is 24.2 Å². The fourth-order valence-electron chi connectivity index (χ4n) is 5.90. The van der Waals surface area contributed by atoms with Gasteiger partial charge in [-0.25, -0.2) is 9.59 Å². The van der Waals surface area contributed by atoms with Crippen molar-refractivity contribution in [1.82, 2.24) is 10.2 Å². The van der Waals surface area contributed by atoms with Crippen LogP contribution in [0.1, 0.15) is 61.9 Å². The number of nitrogens with one attached hydrogen (secondary N) is 2. The number of carboxylic acids is 1. The number of hydrogen-bond acceptors (Lipinski definition) is 6. The zero-order chi connectivity index (χ0) is 35.0. The van der Waals surface area contributed by atoms with Crippen molar-refractivity contribution in [2.24, 2.45) is 4.99 Å². The van der Waals surface area contributed by atoms with E-state index < -0.39 is 29.7 Å². The van der Waals surface area contributed by atoms with Crippen molar-refractivity contribution in [3.63, 3.8) is 0 Å². The Labute approximate surface area is 292 Å². The maximum Gasteiger partial charge on any atom is 0.408 e. The molecule has 1 aliphatic heterocycles. The predicted molar refractivity (Wildman–Crippen MR) is 192 cm³/mol. The Balaban J connectivity index is 1.53. The van der Waals surface area contributed by atoms with Gasteiger partial charge in [-0.05, 0) is 69.5 Å². The third-order valence-corrected chi connectivity index (χ3v) is 8.37. The SMILES string of the molecule is CC(C)(C)OC(=O)N[C@@H](c1ccc(Cl)cc1)[C@@H](N=C(c1ccccc1)c1ccccc1NC(=O)[C@H]1CCCN1Cc1ccccc1)C(=O)O. The molecule has 254 valence electrons. The molecule has 4 aromatic carbocycles. The second kappa shape index (κ2) is 15.9. The van der Waals surface area contributed by atoms with Gasteiger partial charge >= 0.3 is 12.1 Å². The molecule has 1 saturated heterocycles. The number of aliphatic imine (C=N–C) groups is 1. The minimum Gasteiger partial charge on any atom is -0.480 e. The largest absolute Gasteiger partial charge is 0.480 e. The van der Waals surface area contributed by atoms with Crippen LogP contribution in [0, 0.1) is 0 Å². The van der Waals surface area contributed by atoms with E-state index in [1.165, 1.54) is 0 Å². The number of amides is 2. The number of benzene rings is 4. The highest BCUT2D eigenvalue weighted by atomic mass is 35.5. The molecule has 0 bridgehead atoms. The molecule has 0 saturated carbocycles. The number of rotatable bonds is 11. The summed E-state index contributed by atoms with van der Waals surface area (Å²) in [5, 5.41) is 17.0. The molecule has 9 nitrogen and oxygen atoms in total. The van der Waals surface area contributed by atoms with Crippen LogP contribution in [0.4, 0.5) is 10.5 Å². The lowest BCUT2D eigenvalue weighted by molar-refractivity contribution is -0.139. The Bertz CT molecular complexity index is 1770. The van der Waals surface area contributed by atoms with Crippen LogP contribution in [-0.2, 0) is 20.9 Å². The number of aliphatic carboxylic acids is 1. The van der Waals surface area contributed by atoms with Gasteiger partial charge in [0, 0.05) is 22.7 Å². The van der Waals surface area contributed by atoms with Crippen molar-refractivity contribution >= 4 is 41.0 Å². The quantitative estimate of drug-likeness (QED) is 0.141. The number of carbonyl (C=O) groups is 3. The van der Waals surface area contributed by atoms with E-state index in [9.17, 15) is 19.5 Å². The summed E-state index contributed by atoms with van der Waals surface area (Å²) in [4.78, 5) is 47.0. The molecule has 0 spiro atoms. The van der Waals surface area contributed by atoms with Gasteiger partial charge in [0.1, 0.15) is 5.60 Å². The summed E-state index contributed by atoms with van der Waals surface area (Å²) in [5.41, 5.74) is 2.78. The average Bonchev–Trinajstić information content (AvgIpc) is 3.53. The molecular weight excluding hydrogens is 640 g/mol. The highest BCUT2D eigenvalue weighted by molar-refractivity contribution is 6.30. The molecular formula is C39H41ClN4O5. The lowest BCUT2D eigenvalue weighted by Gasteiger charge is -2.27. The van der Waals surface area contributed by atoms with Crippen LogP contribution >= 0.6 is 11.6 Å². The van der Waals surface area contributed by atoms with Gasteiger partial charge in [-0.2, -0.15) is 0 Å². The molecule has 0 aromatic heterocycles. The number of nitrogens with zero attached hydrogens (tertiary/aromatic N) is 2. The standard InChI is InChI=1S/C39H41ClN4O5/c1-39(2,3)49-38(48)43-34(28-20-22-29(40)23-21-28)35(37(46)47)42-33(27-15-8-5-9-16-27)30-17-10-11-18-31(30)41-36(45)32-19-12-24-44(32)25-26-13-6-4-7-14-26/h4-11,13-18,20-23,32,34-35H,12,19,24-25H2,1-3H3,(H,41,45)(H,43,48)(H,46,47)/t32-,34+,35-/m1/s1. The van der Waals surface area contributed by atoms with E-state index >= 15 is 0 Å². The summed E-state index contributed by atoms with van der Waals surface area (Å²) < 4.78 is 5.51. The van der Waals surface area contributed by atoms with Gasteiger partial charge in [0.25, 0.3) is 0 Å². The summed E-state index contributed by atoms with van der Waals surface area (Å²) in [6.45, 7) is 6.64. The van der Waals surface area contributed by atoms with Gasteiger partial charge in [-0.1, -0.05) is 103 Å². The van der Waals surface area contributed by atoms with Crippen molar-refractivity contribution in [3.8, 4) is 0 Å². The molecule has 4 aromatic rings. The number of carboxylic acid groups (broad SMARTS) is 1. The third kappa shape index (κ3) is 9.55. The van der Waals surface area contributed by atoms with Gasteiger partial charge in [0.2, 0.25) is 5.91 Å². The summed E-state index contributed by atoms with van der Waals surface area (Å²) in [7, 11) is 0. The fourth-order valence-corrected chi connectivity index (χ4v) is 6.03. The normalized spacial score (nSPS) is 16.4. The first-order valence-corrected chi connectivity index (χ1v) is 16.7. The van der Waals surface area contributed by atoms with Gasteiger partial charge in [0.15, 0.2) is 6.04 Å². The van der Waals surface area contributed by atoms with Gasteiger partial charge in [0.05, 0.1) is 23.5 Å². The van der Waals surface area contributed by atoms with E-state index in [2.05, 4.69) is 27.7 Å². The van der Waals surface area contributed by atoms with Crippen LogP contribution in [0.25, 0.3) is 0 Å². The summed E-state index contributed by atoms with van der Waals surface area (Å²) in [6.07, 6.45) is 0.834. The molecule has 1 heterocycles. The zero-order valence-electron chi connectivity index (χ0n) is 27.8. The number of likely N-dealkylation sites (tertiary alicyclic amines) is 1. The van der Waals surface area contributed by atoms with E-state index in [1.54, 1.807) is 57.2 Å². The fraction of sp³-hybridized carbons (Fsp3) is 0.282. The molecule has 5 rings (SSSR count). The maximum absolute atomic E-state index is 13.9. The van der Waals surface area contributed by atoms with Crippen LogP contribution in [0.2, 0.25) is 5.02 Å². The second-order valence-corrected chi connectivity index (χ2v) is 13.4. The summed E-state index contributed by atoms with van der Waals surface area (Å²) in [5.74, 6) is -1.41. The first-order chi connectivity index (χ1) is 23.5. The third-order valence-electron chi connectivity index (χ3n) is 8.12. The number of halogens is 1. The lowest BCUT2D eigenvalue weighted by atomic mass is 9.96. The lowest BCUT2D eigenvalue weighted by Crippen LogP contribution is -2.42. The van der Waals surface area contributed by atoms with Crippen LogP contribution in [0.15, 0.2) is 114 Å². The molecule has 3 atom stereocenters. The molecule has 10 heteroatoms. The number of alkyl carbamates (subject to hydrolysis) is 1. The van der Waals surface area contributed by atoms with E-state index in [-0.39, 0.29) is 11.9 Å². The Morgan fingerprint density at radius 3 is 2.20 bits per heavy atom. The molecule has 1 fully saturated rings. The topological polar surface area (TPSA) is 120 Å². The maximum atomic E-state index is 13.9. The van der Waals surface area contributed by atoms with E-state index in [4.69, 9.17) is 21.3 Å². The molecule has 1 aliphatic rings. The van der Waals surface area contributed by atoms with Crippen LogP contribution in [0.5, 0.6) is 0 Å². The summed E-state index contributed by atoms with van der Waals surface area (Å²) >= 11 is 6.16. The first kappa shape index (κ1) is 35.3. The minimum atomic E-state index is -1.50. The van der Waals surface area contributed by atoms with Gasteiger partial charge in [-0.15, -0.1) is 0 Å². The van der Waals surface area contributed by atoms with Gasteiger partial charge < -0.3 is 20.5 Å². The van der Waals surface area contributed by atoms with Crippen LogP contribution in [0.3, 0.4) is 0 Å². The molecule has 0 radical (unpaired) electrons. The first-order valence-electron chi connectivity index (χ1n) is 16.3. The van der Waals surface area contributed by atoms with Crippen molar-refractivity contribution in [3.05, 3.63) is 136 Å². The Hall–Kier alpha value is -4.99. The monoisotopic (exact) mass is 680 g/mol. The minimum absolute atomic E-state index is 0.145. The number of hydrogen-bond donors (Lipinski definition) is 3. The molecule has 0 aliphatic carbocycles. The smallest absolute Gasteiger partial charge is 0.408 e. The van der Waals surface area contributed by atoms with Crippen molar-refractivity contribution in [2.75, 3.05) is 11.9 Å². The van der Waals surface area contributed by atoms with E-state index in [1.807, 2.05) is 60.7 Å². The number of anilines is 1. The predicted octanol–water partition coefficient (Wildman–Crippen LogP) is 7.50. The highest BCUT2D eigenvalue weighted by Crippen LogP contribution is 2.28. The van der Waals surface area contributed by atoms with Crippen molar-refractivity contribution in [1.29, 1.82) is 0 Å².